The number of hydrogen-bond donors (Lipinski definition) is 0. The van der Waals surface area contributed by atoms with Crippen molar-refractivity contribution in [2.75, 3.05) is 0 Å². The lowest BCUT2D eigenvalue weighted by atomic mass is 9.32. The van der Waals surface area contributed by atoms with E-state index < -0.39 is 0 Å². The Balaban J connectivity index is 4.27. The van der Waals surface area contributed by atoms with Gasteiger partial charge in [0.2, 0.25) is 0 Å². The van der Waals surface area contributed by atoms with Crippen molar-refractivity contribution < 1.29 is 0 Å². The first-order valence-electron chi connectivity index (χ1n) is 7.23. The molecule has 0 aliphatic rings. The van der Waals surface area contributed by atoms with Crippen molar-refractivity contribution in [3.05, 3.63) is 12.2 Å². The van der Waals surface area contributed by atoms with Crippen LogP contribution in [0.15, 0.2) is 12.2 Å². The van der Waals surface area contributed by atoms with Crippen LogP contribution in [-0.2, 0) is 0 Å². The van der Waals surface area contributed by atoms with Crippen molar-refractivity contribution >= 4 is 6.71 Å². The molecule has 0 saturated carbocycles. The summed E-state index contributed by atoms with van der Waals surface area (Å²) in [6.07, 6.45) is 9.98. The first-order valence-corrected chi connectivity index (χ1v) is 7.23. The molecule has 0 spiro atoms. The Labute approximate surface area is 104 Å². The highest BCUT2D eigenvalue weighted by Crippen LogP contribution is 2.29. The minimum Gasteiger partial charge on any atom is -0.0954 e. The summed E-state index contributed by atoms with van der Waals surface area (Å²) in [7, 11) is 0. The van der Waals surface area contributed by atoms with Crippen molar-refractivity contribution in [3.63, 3.8) is 0 Å². The Hall–Kier alpha value is -0.195. The summed E-state index contributed by atoms with van der Waals surface area (Å²) >= 11 is 0. The number of rotatable bonds is 8. The average Bonchev–Trinajstić information content (AvgIpc) is 2.32. The Morgan fingerprint density at radius 1 is 0.875 bits per heavy atom. The second kappa shape index (κ2) is 8.90. The molecule has 16 heavy (non-hydrogen) atoms. The topological polar surface area (TPSA) is 0 Å². The van der Waals surface area contributed by atoms with Gasteiger partial charge in [-0.05, 0) is 5.92 Å². The summed E-state index contributed by atoms with van der Waals surface area (Å²) in [5, 5.41) is 0. The minimum atomic E-state index is 0.745. The van der Waals surface area contributed by atoms with Gasteiger partial charge in [-0.3, -0.25) is 0 Å². The Morgan fingerprint density at radius 3 is 1.75 bits per heavy atom. The lowest BCUT2D eigenvalue weighted by Crippen LogP contribution is -2.22. The van der Waals surface area contributed by atoms with Crippen molar-refractivity contribution in [3.8, 4) is 0 Å². The molecule has 3 unspecified atom stereocenters. The molecule has 0 aromatic heterocycles. The molecule has 94 valence electrons. The second-order valence-electron chi connectivity index (χ2n) is 5.48. The second-order valence-corrected chi connectivity index (χ2v) is 5.48. The Bertz CT molecular complexity index is 176. The van der Waals surface area contributed by atoms with Gasteiger partial charge in [-0.2, -0.15) is 0 Å². The van der Waals surface area contributed by atoms with E-state index >= 15 is 0 Å². The van der Waals surface area contributed by atoms with Crippen molar-refractivity contribution in [1.82, 2.24) is 0 Å². The van der Waals surface area contributed by atoms with Gasteiger partial charge in [-0.25, -0.2) is 0 Å². The van der Waals surface area contributed by atoms with Crippen LogP contribution < -0.4 is 0 Å². The monoisotopic (exact) mass is 222 g/mol. The fourth-order valence-electron chi connectivity index (χ4n) is 2.24. The number of hydrogen-bond acceptors (Lipinski definition) is 0. The van der Waals surface area contributed by atoms with Crippen LogP contribution >= 0.6 is 0 Å². The van der Waals surface area contributed by atoms with Crippen LogP contribution in [0.1, 0.15) is 60.8 Å². The molecule has 0 aliphatic carbocycles. The SMILES string of the molecule is CCC(C)/C=C/CB(C(C)CC)C(C)CC. The van der Waals surface area contributed by atoms with E-state index in [2.05, 4.69) is 53.7 Å². The lowest BCUT2D eigenvalue weighted by Gasteiger charge is -2.24. The van der Waals surface area contributed by atoms with Gasteiger partial charge in [0.05, 0.1) is 0 Å². The van der Waals surface area contributed by atoms with Crippen LogP contribution in [0, 0.1) is 5.92 Å². The molecule has 0 aliphatic heterocycles. The van der Waals surface area contributed by atoms with Gasteiger partial charge in [-0.15, -0.1) is 0 Å². The summed E-state index contributed by atoms with van der Waals surface area (Å²) in [5.74, 6) is 2.46. The van der Waals surface area contributed by atoms with E-state index in [1.54, 1.807) is 0 Å². The van der Waals surface area contributed by atoms with Gasteiger partial charge in [0.25, 0.3) is 0 Å². The highest BCUT2D eigenvalue weighted by molar-refractivity contribution is 6.62. The minimum absolute atomic E-state index is 0.745. The molecule has 0 saturated heterocycles. The molecule has 0 nitrogen and oxygen atoms in total. The summed E-state index contributed by atoms with van der Waals surface area (Å²) in [5.41, 5.74) is 0. The van der Waals surface area contributed by atoms with Crippen LogP contribution in [0.4, 0.5) is 0 Å². The third-order valence-corrected chi connectivity index (χ3v) is 4.27. The van der Waals surface area contributed by atoms with Crippen LogP contribution in [0.3, 0.4) is 0 Å². The predicted octanol–water partition coefficient (Wildman–Crippen LogP) is 5.68. The van der Waals surface area contributed by atoms with E-state index in [1.165, 1.54) is 25.6 Å². The number of allylic oxidation sites excluding steroid dienone is 2. The molecule has 0 aromatic rings. The average molecular weight is 222 g/mol. The van der Waals surface area contributed by atoms with Crippen LogP contribution in [-0.4, -0.2) is 6.71 Å². The van der Waals surface area contributed by atoms with Crippen LogP contribution in [0.25, 0.3) is 0 Å². The summed E-state index contributed by atoms with van der Waals surface area (Å²) in [6.45, 7) is 14.9. The van der Waals surface area contributed by atoms with Crippen LogP contribution in [0.5, 0.6) is 0 Å². The van der Waals surface area contributed by atoms with Gasteiger partial charge >= 0.3 is 0 Å². The van der Waals surface area contributed by atoms with E-state index in [4.69, 9.17) is 0 Å². The molecular formula is C15H31B. The largest absolute Gasteiger partial charge is 0.149 e. The zero-order valence-corrected chi connectivity index (χ0v) is 12.3. The molecule has 0 rings (SSSR count). The fourth-order valence-corrected chi connectivity index (χ4v) is 2.24. The normalized spacial score (nSPS) is 17.4. The van der Waals surface area contributed by atoms with E-state index in [1.807, 2.05) is 0 Å². The van der Waals surface area contributed by atoms with Gasteiger partial charge in [0, 0.05) is 0 Å². The maximum absolute atomic E-state index is 2.43. The molecule has 1 heteroatoms. The van der Waals surface area contributed by atoms with Gasteiger partial charge in [0.15, 0.2) is 0 Å². The summed E-state index contributed by atoms with van der Waals surface area (Å²) in [4.78, 5) is 0. The Morgan fingerprint density at radius 2 is 1.38 bits per heavy atom. The van der Waals surface area contributed by atoms with Gasteiger partial charge < -0.3 is 0 Å². The molecular weight excluding hydrogens is 191 g/mol. The van der Waals surface area contributed by atoms with E-state index in [9.17, 15) is 0 Å². The molecule has 0 radical (unpaired) electrons. The first kappa shape index (κ1) is 15.8. The van der Waals surface area contributed by atoms with Crippen molar-refractivity contribution in [2.45, 2.75) is 78.8 Å². The predicted molar refractivity (Wildman–Crippen MR) is 78.6 cm³/mol. The zero-order chi connectivity index (χ0) is 12.6. The van der Waals surface area contributed by atoms with Crippen molar-refractivity contribution in [2.24, 2.45) is 5.92 Å². The highest BCUT2D eigenvalue weighted by Gasteiger charge is 2.23. The zero-order valence-electron chi connectivity index (χ0n) is 12.3. The maximum Gasteiger partial charge on any atom is 0.149 e. The lowest BCUT2D eigenvalue weighted by molar-refractivity contribution is 0.696. The highest BCUT2D eigenvalue weighted by atomic mass is 14.0. The van der Waals surface area contributed by atoms with Gasteiger partial charge in [0.1, 0.15) is 6.71 Å². The Kier molecular flexibility index (Phi) is 8.79. The molecule has 0 aromatic carbocycles. The third kappa shape index (κ3) is 5.77. The molecule has 3 atom stereocenters. The van der Waals surface area contributed by atoms with E-state index in [-0.39, 0.29) is 0 Å². The van der Waals surface area contributed by atoms with E-state index in [0.717, 1.165) is 24.3 Å². The summed E-state index contributed by atoms with van der Waals surface area (Å²) < 4.78 is 0. The molecule has 0 N–H and O–H groups in total. The van der Waals surface area contributed by atoms with E-state index in [0.29, 0.717) is 0 Å². The molecule has 0 heterocycles. The summed E-state index contributed by atoms with van der Waals surface area (Å²) in [6, 6.07) is 0. The fraction of sp³-hybridized carbons (Fsp3) is 0.867. The smallest absolute Gasteiger partial charge is 0.0954 e. The third-order valence-electron chi connectivity index (χ3n) is 4.27. The molecule has 0 bridgehead atoms. The quantitative estimate of drug-likeness (QED) is 0.366. The molecule has 0 amide bonds. The van der Waals surface area contributed by atoms with Gasteiger partial charge in [-0.1, -0.05) is 90.9 Å². The maximum atomic E-state index is 2.43. The first-order chi connectivity index (χ1) is 7.56. The van der Waals surface area contributed by atoms with Crippen LogP contribution in [0.2, 0.25) is 18.0 Å². The standard InChI is InChI=1S/C15H31B/c1-7-13(4)11-10-12-16(14(5)8-2)15(6)9-3/h10-11,13-15H,7-9,12H2,1-6H3/b11-10+. The van der Waals surface area contributed by atoms with Crippen molar-refractivity contribution in [1.29, 1.82) is 0 Å². The molecule has 0 fully saturated rings.